The minimum Gasteiger partial charge on any atom is -0.356 e. The van der Waals surface area contributed by atoms with Gasteiger partial charge in [-0.1, -0.05) is 30.3 Å². The molecule has 0 spiro atoms. The fraction of sp³-hybridized carbons (Fsp3) is 0.333. The number of nitrogens with zero attached hydrogens (tertiary/aromatic N) is 2. The monoisotopic (exact) mass is 498 g/mol. The Kier molecular flexibility index (Phi) is 10.5. The first-order chi connectivity index (χ1) is 13.0. The van der Waals surface area contributed by atoms with Gasteiger partial charge in [0.25, 0.3) is 5.91 Å². The maximum absolute atomic E-state index is 13.6. The van der Waals surface area contributed by atoms with Gasteiger partial charge >= 0.3 is 0 Å². The van der Waals surface area contributed by atoms with Crippen molar-refractivity contribution in [3.05, 3.63) is 71.0 Å². The van der Waals surface area contributed by atoms with Crippen LogP contribution in [-0.4, -0.2) is 51.0 Å². The number of halogens is 2. The third-order valence-electron chi connectivity index (χ3n) is 4.15. The molecule has 0 aliphatic rings. The number of hydrogen-bond donors (Lipinski definition) is 2. The minimum absolute atomic E-state index is 0. The molecule has 7 heteroatoms. The van der Waals surface area contributed by atoms with Gasteiger partial charge in [0.1, 0.15) is 5.82 Å². The Bertz CT molecular complexity index is 795. The van der Waals surface area contributed by atoms with Crippen molar-refractivity contribution in [2.24, 2.45) is 4.99 Å². The number of aliphatic imine (C=N–C) groups is 1. The summed E-state index contributed by atoms with van der Waals surface area (Å²) in [4.78, 5) is 17.8. The predicted octanol–water partition coefficient (Wildman–Crippen LogP) is 3.10. The van der Waals surface area contributed by atoms with Crippen LogP contribution in [-0.2, 0) is 12.8 Å². The van der Waals surface area contributed by atoms with E-state index in [1.807, 2.05) is 30.3 Å². The van der Waals surface area contributed by atoms with Crippen molar-refractivity contribution in [2.75, 3.05) is 34.2 Å². The molecule has 0 aliphatic heterocycles. The van der Waals surface area contributed by atoms with Crippen molar-refractivity contribution >= 4 is 35.8 Å². The third-order valence-corrected chi connectivity index (χ3v) is 4.15. The highest BCUT2D eigenvalue weighted by molar-refractivity contribution is 14.0. The minimum atomic E-state index is -0.186. The lowest BCUT2D eigenvalue weighted by Crippen LogP contribution is -2.39. The zero-order chi connectivity index (χ0) is 19.6. The van der Waals surface area contributed by atoms with E-state index in [9.17, 15) is 9.18 Å². The topological polar surface area (TPSA) is 56.7 Å². The average Bonchev–Trinajstić information content (AvgIpc) is 2.67. The van der Waals surface area contributed by atoms with Gasteiger partial charge in [-0.15, -0.1) is 24.0 Å². The van der Waals surface area contributed by atoms with E-state index < -0.39 is 0 Å². The number of benzene rings is 2. The highest BCUT2D eigenvalue weighted by Gasteiger charge is 2.08. The molecule has 5 nitrogen and oxygen atoms in total. The molecule has 152 valence electrons. The molecule has 2 aromatic rings. The van der Waals surface area contributed by atoms with E-state index >= 15 is 0 Å². The Morgan fingerprint density at radius 3 is 2.36 bits per heavy atom. The van der Waals surface area contributed by atoms with Crippen molar-refractivity contribution in [1.82, 2.24) is 15.5 Å². The summed E-state index contributed by atoms with van der Waals surface area (Å²) in [5, 5.41) is 6.43. The molecule has 0 fully saturated rings. The van der Waals surface area contributed by atoms with E-state index in [4.69, 9.17) is 0 Å². The number of hydrogen-bond acceptors (Lipinski definition) is 2. The first kappa shape index (κ1) is 23.9. The summed E-state index contributed by atoms with van der Waals surface area (Å²) >= 11 is 0. The number of amides is 1. The molecule has 0 unspecified atom stereocenters. The third kappa shape index (κ3) is 7.46. The van der Waals surface area contributed by atoms with E-state index in [0.29, 0.717) is 36.6 Å². The second-order valence-corrected chi connectivity index (χ2v) is 6.42. The van der Waals surface area contributed by atoms with E-state index in [2.05, 4.69) is 15.6 Å². The zero-order valence-electron chi connectivity index (χ0n) is 16.5. The summed E-state index contributed by atoms with van der Waals surface area (Å²) in [6.45, 7) is 1.27. The summed E-state index contributed by atoms with van der Waals surface area (Å²) in [5.41, 5.74) is 2.45. The first-order valence-corrected chi connectivity index (χ1v) is 8.99. The molecule has 2 aromatic carbocycles. The van der Waals surface area contributed by atoms with Crippen LogP contribution in [0, 0.1) is 5.82 Å². The molecule has 0 radical (unpaired) electrons. The second kappa shape index (κ2) is 12.3. The van der Waals surface area contributed by atoms with Crippen molar-refractivity contribution in [3.63, 3.8) is 0 Å². The summed E-state index contributed by atoms with van der Waals surface area (Å²) in [5.74, 6) is 0.483. The van der Waals surface area contributed by atoms with Crippen molar-refractivity contribution < 1.29 is 9.18 Å². The van der Waals surface area contributed by atoms with Crippen molar-refractivity contribution in [2.45, 2.75) is 12.8 Å². The summed E-state index contributed by atoms with van der Waals surface area (Å²) in [6.07, 6.45) is 1.35. The van der Waals surface area contributed by atoms with E-state index in [1.165, 1.54) is 6.07 Å². The highest BCUT2D eigenvalue weighted by Crippen LogP contribution is 2.08. The Labute approximate surface area is 183 Å². The highest BCUT2D eigenvalue weighted by atomic mass is 127. The van der Waals surface area contributed by atoms with Crippen LogP contribution in [0.4, 0.5) is 4.39 Å². The van der Waals surface area contributed by atoms with Crippen LogP contribution >= 0.6 is 24.0 Å². The van der Waals surface area contributed by atoms with Crippen LogP contribution in [0.3, 0.4) is 0 Å². The molecule has 0 saturated heterocycles. The molecule has 0 aromatic heterocycles. The standard InChI is InChI=1S/C21H27FN4O.HI/c1-23-21(25-14-12-17-8-4-5-10-19(17)22)24-13-11-16-7-6-9-18(15-16)20(27)26(2)3;/h4-10,15H,11-14H2,1-3H3,(H2,23,24,25);1H. The van der Waals surface area contributed by atoms with Crippen LogP contribution in [0.15, 0.2) is 53.5 Å². The number of carbonyl (C=O) groups is 1. The van der Waals surface area contributed by atoms with Gasteiger partial charge in [0.2, 0.25) is 0 Å². The molecule has 0 bridgehead atoms. The van der Waals surface area contributed by atoms with Crippen LogP contribution in [0.25, 0.3) is 0 Å². The van der Waals surface area contributed by atoms with Gasteiger partial charge in [-0.05, 0) is 42.2 Å². The fourth-order valence-electron chi connectivity index (χ4n) is 2.68. The van der Waals surface area contributed by atoms with Gasteiger partial charge in [0, 0.05) is 39.8 Å². The van der Waals surface area contributed by atoms with Crippen LogP contribution in [0.2, 0.25) is 0 Å². The van der Waals surface area contributed by atoms with Crippen LogP contribution in [0.5, 0.6) is 0 Å². The Balaban J connectivity index is 0.00000392. The molecule has 2 rings (SSSR count). The zero-order valence-corrected chi connectivity index (χ0v) is 18.9. The maximum Gasteiger partial charge on any atom is 0.253 e. The van der Waals surface area contributed by atoms with Gasteiger partial charge in [0.15, 0.2) is 5.96 Å². The average molecular weight is 498 g/mol. The van der Waals surface area contributed by atoms with Crippen molar-refractivity contribution in [3.8, 4) is 0 Å². The SMILES string of the molecule is CN=C(NCCc1cccc(C(=O)N(C)C)c1)NCCc1ccccc1F.I. The van der Waals surface area contributed by atoms with Gasteiger partial charge in [-0.2, -0.15) is 0 Å². The molecule has 1 amide bonds. The lowest BCUT2D eigenvalue weighted by molar-refractivity contribution is 0.0827. The molecule has 2 N–H and O–H groups in total. The number of nitrogens with one attached hydrogen (secondary N) is 2. The van der Waals surface area contributed by atoms with Gasteiger partial charge in [-0.3, -0.25) is 9.79 Å². The molecule has 0 atom stereocenters. The largest absolute Gasteiger partial charge is 0.356 e. The Hall–Kier alpha value is -2.16. The summed E-state index contributed by atoms with van der Waals surface area (Å²) in [7, 11) is 5.19. The predicted molar refractivity (Wildman–Crippen MR) is 123 cm³/mol. The molecular weight excluding hydrogens is 470 g/mol. The van der Waals surface area contributed by atoms with Gasteiger partial charge < -0.3 is 15.5 Å². The number of carbonyl (C=O) groups excluding carboxylic acids is 1. The molecule has 0 saturated carbocycles. The van der Waals surface area contributed by atoms with Crippen molar-refractivity contribution in [1.29, 1.82) is 0 Å². The van der Waals surface area contributed by atoms with Gasteiger partial charge in [0.05, 0.1) is 0 Å². The first-order valence-electron chi connectivity index (χ1n) is 8.99. The summed E-state index contributed by atoms with van der Waals surface area (Å²) in [6, 6.07) is 14.4. The lowest BCUT2D eigenvalue weighted by atomic mass is 10.1. The Morgan fingerprint density at radius 2 is 1.71 bits per heavy atom. The normalized spacial score (nSPS) is 10.8. The summed E-state index contributed by atoms with van der Waals surface area (Å²) < 4.78 is 13.6. The molecular formula is C21H28FIN4O. The molecule has 0 heterocycles. The number of rotatable bonds is 7. The van der Waals surface area contributed by atoms with E-state index in [1.54, 1.807) is 38.2 Å². The quantitative estimate of drug-likeness (QED) is 0.351. The molecule has 0 aliphatic carbocycles. The van der Waals surface area contributed by atoms with Gasteiger partial charge in [-0.25, -0.2) is 4.39 Å². The van der Waals surface area contributed by atoms with E-state index in [0.717, 1.165) is 12.0 Å². The number of guanidine groups is 1. The Morgan fingerprint density at radius 1 is 1.04 bits per heavy atom. The maximum atomic E-state index is 13.6. The fourth-order valence-corrected chi connectivity index (χ4v) is 2.68. The smallest absolute Gasteiger partial charge is 0.253 e. The van der Waals surface area contributed by atoms with Crippen LogP contribution in [0.1, 0.15) is 21.5 Å². The molecule has 28 heavy (non-hydrogen) atoms. The van der Waals surface area contributed by atoms with Crippen LogP contribution < -0.4 is 10.6 Å². The second-order valence-electron chi connectivity index (χ2n) is 6.42. The van der Waals surface area contributed by atoms with E-state index in [-0.39, 0.29) is 35.7 Å². The lowest BCUT2D eigenvalue weighted by Gasteiger charge is -2.13.